The predicted molar refractivity (Wildman–Crippen MR) is 98.9 cm³/mol. The Morgan fingerprint density at radius 2 is 1.60 bits per heavy atom. The molecular formula is C19H32N2O4. The van der Waals surface area contributed by atoms with Gasteiger partial charge in [-0.3, -0.25) is 9.80 Å². The third-order valence-electron chi connectivity index (χ3n) is 4.41. The Morgan fingerprint density at radius 3 is 2.08 bits per heavy atom. The summed E-state index contributed by atoms with van der Waals surface area (Å²) in [7, 11) is 3.37. The SMILES string of the molecule is COCCN(CCOC)CCC(C)(C)N(Cc1ccccc1)C(=O)O. The average molecular weight is 352 g/mol. The Labute approximate surface area is 151 Å². The van der Waals surface area contributed by atoms with E-state index < -0.39 is 11.6 Å². The first-order chi connectivity index (χ1) is 11.9. The normalized spacial score (nSPS) is 11.7. The van der Waals surface area contributed by atoms with E-state index in [0.717, 1.165) is 31.6 Å². The van der Waals surface area contributed by atoms with E-state index in [9.17, 15) is 9.90 Å². The number of benzene rings is 1. The van der Waals surface area contributed by atoms with E-state index in [2.05, 4.69) is 4.90 Å². The number of rotatable bonds is 12. The van der Waals surface area contributed by atoms with Gasteiger partial charge >= 0.3 is 6.09 Å². The molecule has 0 saturated heterocycles. The standard InChI is InChI=1S/C19H32N2O4/c1-19(2,10-11-20(12-14-24-3)13-15-25-4)21(18(22)23)16-17-8-6-5-7-9-17/h5-9H,10-16H2,1-4H3,(H,22,23). The molecule has 0 aromatic heterocycles. The molecule has 0 radical (unpaired) electrons. The zero-order valence-electron chi connectivity index (χ0n) is 15.9. The molecule has 0 spiro atoms. The molecule has 142 valence electrons. The molecule has 0 bridgehead atoms. The fourth-order valence-corrected chi connectivity index (χ4v) is 2.65. The van der Waals surface area contributed by atoms with Crippen LogP contribution in [0.5, 0.6) is 0 Å². The maximum Gasteiger partial charge on any atom is 0.408 e. The minimum Gasteiger partial charge on any atom is -0.465 e. The van der Waals surface area contributed by atoms with Crippen molar-refractivity contribution in [1.29, 1.82) is 0 Å². The van der Waals surface area contributed by atoms with Gasteiger partial charge in [0.15, 0.2) is 0 Å². The highest BCUT2D eigenvalue weighted by Crippen LogP contribution is 2.22. The van der Waals surface area contributed by atoms with E-state index >= 15 is 0 Å². The second-order valence-electron chi connectivity index (χ2n) is 6.74. The monoisotopic (exact) mass is 352 g/mol. The van der Waals surface area contributed by atoms with Gasteiger partial charge in [-0.05, 0) is 25.8 Å². The number of carboxylic acid groups (broad SMARTS) is 1. The molecule has 0 unspecified atom stereocenters. The number of amides is 1. The van der Waals surface area contributed by atoms with E-state index in [1.54, 1.807) is 14.2 Å². The third kappa shape index (κ3) is 7.86. The van der Waals surface area contributed by atoms with Crippen LogP contribution < -0.4 is 0 Å². The van der Waals surface area contributed by atoms with E-state index in [4.69, 9.17) is 9.47 Å². The fourth-order valence-electron chi connectivity index (χ4n) is 2.65. The number of methoxy groups -OCH3 is 2. The second kappa shape index (κ2) is 11.1. The zero-order valence-corrected chi connectivity index (χ0v) is 15.9. The number of ether oxygens (including phenoxy) is 2. The fraction of sp³-hybridized carbons (Fsp3) is 0.632. The molecule has 0 aliphatic rings. The van der Waals surface area contributed by atoms with Crippen molar-refractivity contribution in [1.82, 2.24) is 9.80 Å². The molecule has 0 heterocycles. The summed E-state index contributed by atoms with van der Waals surface area (Å²) in [6.45, 7) is 8.05. The van der Waals surface area contributed by atoms with Crippen LogP contribution >= 0.6 is 0 Å². The van der Waals surface area contributed by atoms with Crippen molar-refractivity contribution in [2.75, 3.05) is 47.1 Å². The molecular weight excluding hydrogens is 320 g/mol. The van der Waals surface area contributed by atoms with Crippen LogP contribution in [0.15, 0.2) is 30.3 Å². The molecule has 1 rings (SSSR count). The predicted octanol–water partition coefficient (Wildman–Crippen LogP) is 2.93. The van der Waals surface area contributed by atoms with Gasteiger partial charge in [-0.2, -0.15) is 0 Å². The van der Waals surface area contributed by atoms with Crippen LogP contribution in [0.1, 0.15) is 25.8 Å². The second-order valence-corrected chi connectivity index (χ2v) is 6.74. The van der Waals surface area contributed by atoms with Crippen LogP contribution in [0.4, 0.5) is 4.79 Å². The summed E-state index contributed by atoms with van der Waals surface area (Å²) in [5.74, 6) is 0. The Bertz CT molecular complexity index is 485. The van der Waals surface area contributed by atoms with E-state index in [1.165, 1.54) is 4.90 Å². The van der Waals surface area contributed by atoms with Crippen molar-refractivity contribution in [3.05, 3.63) is 35.9 Å². The van der Waals surface area contributed by atoms with Crippen molar-refractivity contribution in [3.63, 3.8) is 0 Å². The number of nitrogens with zero attached hydrogens (tertiary/aromatic N) is 2. The van der Waals surface area contributed by atoms with Gasteiger partial charge < -0.3 is 14.6 Å². The average Bonchev–Trinajstić information content (AvgIpc) is 2.59. The summed E-state index contributed by atoms with van der Waals surface area (Å²) in [6.07, 6.45) is -0.159. The Hall–Kier alpha value is -1.63. The van der Waals surface area contributed by atoms with Crippen LogP contribution in [0.25, 0.3) is 0 Å². The Balaban J connectivity index is 2.71. The van der Waals surface area contributed by atoms with Gasteiger partial charge in [-0.1, -0.05) is 30.3 Å². The van der Waals surface area contributed by atoms with E-state index in [-0.39, 0.29) is 0 Å². The van der Waals surface area contributed by atoms with Crippen molar-refractivity contribution in [3.8, 4) is 0 Å². The van der Waals surface area contributed by atoms with Gasteiger partial charge in [-0.15, -0.1) is 0 Å². The molecule has 0 saturated carbocycles. The minimum atomic E-state index is -0.894. The summed E-state index contributed by atoms with van der Waals surface area (Å²) in [6, 6.07) is 9.70. The molecule has 25 heavy (non-hydrogen) atoms. The highest BCUT2D eigenvalue weighted by Gasteiger charge is 2.31. The first-order valence-corrected chi connectivity index (χ1v) is 8.65. The van der Waals surface area contributed by atoms with Crippen molar-refractivity contribution in [2.24, 2.45) is 0 Å². The van der Waals surface area contributed by atoms with Gasteiger partial charge in [0.25, 0.3) is 0 Å². The minimum absolute atomic E-state index is 0.388. The van der Waals surface area contributed by atoms with Crippen LogP contribution in [0, 0.1) is 0 Å². The van der Waals surface area contributed by atoms with Crippen LogP contribution in [0.2, 0.25) is 0 Å². The molecule has 1 aromatic rings. The topological polar surface area (TPSA) is 62.2 Å². The third-order valence-corrected chi connectivity index (χ3v) is 4.41. The maximum absolute atomic E-state index is 11.8. The smallest absolute Gasteiger partial charge is 0.408 e. The van der Waals surface area contributed by atoms with Gasteiger partial charge in [0.1, 0.15) is 0 Å². The van der Waals surface area contributed by atoms with Gasteiger partial charge in [0, 0.05) is 45.9 Å². The van der Waals surface area contributed by atoms with Crippen LogP contribution in [-0.2, 0) is 16.0 Å². The Morgan fingerprint density at radius 1 is 1.04 bits per heavy atom. The van der Waals surface area contributed by atoms with Crippen molar-refractivity contribution in [2.45, 2.75) is 32.4 Å². The number of hydrogen-bond acceptors (Lipinski definition) is 4. The highest BCUT2D eigenvalue weighted by molar-refractivity contribution is 5.66. The molecule has 0 atom stereocenters. The molecule has 6 nitrogen and oxygen atoms in total. The molecule has 0 aliphatic heterocycles. The number of hydrogen-bond donors (Lipinski definition) is 1. The van der Waals surface area contributed by atoms with Crippen molar-refractivity contribution >= 4 is 6.09 Å². The van der Waals surface area contributed by atoms with Crippen molar-refractivity contribution < 1.29 is 19.4 Å². The Kier molecular flexibility index (Phi) is 9.49. The quantitative estimate of drug-likeness (QED) is 0.627. The summed E-state index contributed by atoms with van der Waals surface area (Å²) >= 11 is 0. The lowest BCUT2D eigenvalue weighted by molar-refractivity contribution is 0.0658. The number of carbonyl (C=O) groups is 1. The lowest BCUT2D eigenvalue weighted by atomic mass is 9.97. The van der Waals surface area contributed by atoms with Crippen LogP contribution in [-0.4, -0.2) is 73.6 Å². The highest BCUT2D eigenvalue weighted by atomic mass is 16.5. The van der Waals surface area contributed by atoms with Gasteiger partial charge in [0.05, 0.1) is 13.2 Å². The largest absolute Gasteiger partial charge is 0.465 e. The summed E-state index contributed by atoms with van der Waals surface area (Å²) in [5.41, 5.74) is 0.522. The molecule has 0 aliphatic carbocycles. The summed E-state index contributed by atoms with van der Waals surface area (Å²) in [4.78, 5) is 15.6. The first kappa shape index (κ1) is 21.4. The van der Waals surface area contributed by atoms with Gasteiger partial charge in [0.2, 0.25) is 0 Å². The lowest BCUT2D eigenvalue weighted by Gasteiger charge is -2.38. The maximum atomic E-state index is 11.8. The first-order valence-electron chi connectivity index (χ1n) is 8.65. The zero-order chi connectivity index (χ0) is 18.7. The molecule has 1 N–H and O–H groups in total. The molecule has 0 fully saturated rings. The van der Waals surface area contributed by atoms with E-state index in [0.29, 0.717) is 19.8 Å². The molecule has 1 amide bonds. The summed E-state index contributed by atoms with van der Waals surface area (Å²) in [5, 5.41) is 9.69. The van der Waals surface area contributed by atoms with E-state index in [1.807, 2.05) is 44.2 Å². The summed E-state index contributed by atoms with van der Waals surface area (Å²) < 4.78 is 10.3. The molecule has 6 heteroatoms. The van der Waals surface area contributed by atoms with Crippen LogP contribution in [0.3, 0.4) is 0 Å². The van der Waals surface area contributed by atoms with Gasteiger partial charge in [-0.25, -0.2) is 4.79 Å². The lowest BCUT2D eigenvalue weighted by Crippen LogP contribution is -2.48. The molecule has 1 aromatic carbocycles.